The molecule has 0 heterocycles. The fourth-order valence-corrected chi connectivity index (χ4v) is 2.98. The number of carbonyl (C=O) groups is 2. The first-order valence-electron chi connectivity index (χ1n) is 9.23. The summed E-state index contributed by atoms with van der Waals surface area (Å²) in [5.41, 5.74) is 2.50. The molecule has 3 rings (SSSR count). The second-order valence-electron chi connectivity index (χ2n) is 6.67. The van der Waals surface area contributed by atoms with Crippen LogP contribution in [0.1, 0.15) is 22.8 Å². The molecule has 0 aliphatic heterocycles. The molecule has 0 fully saturated rings. The van der Waals surface area contributed by atoms with Crippen molar-refractivity contribution in [3.63, 3.8) is 0 Å². The molecule has 1 atom stereocenters. The number of carbonyl (C=O) groups excluding carboxylic acids is 2. The Kier molecular flexibility index (Phi) is 6.98. The van der Waals surface area contributed by atoms with Crippen LogP contribution in [0.3, 0.4) is 0 Å². The van der Waals surface area contributed by atoms with Crippen LogP contribution < -0.4 is 15.4 Å². The maximum Gasteiger partial charge on any atom is 0.265 e. The number of benzene rings is 3. The van der Waals surface area contributed by atoms with Gasteiger partial charge in [-0.2, -0.15) is 0 Å². The summed E-state index contributed by atoms with van der Waals surface area (Å²) in [5, 5.41) is 6.56. The number of ether oxygens (including phenoxy) is 1. The van der Waals surface area contributed by atoms with E-state index in [1.807, 2.05) is 13.0 Å². The lowest BCUT2D eigenvalue weighted by atomic mass is 10.2. The minimum Gasteiger partial charge on any atom is -0.481 e. The van der Waals surface area contributed by atoms with Crippen LogP contribution in [-0.4, -0.2) is 17.9 Å². The average Bonchev–Trinajstić information content (AvgIpc) is 2.73. The van der Waals surface area contributed by atoms with E-state index in [1.165, 1.54) is 0 Å². The summed E-state index contributed by atoms with van der Waals surface area (Å²) in [7, 11) is 0. The minimum atomic E-state index is -0.743. The molecule has 0 aromatic heterocycles. The normalized spacial score (nSPS) is 11.5. The molecule has 0 aliphatic rings. The Hall–Kier alpha value is -3.02. The molecule has 154 valence electrons. The fourth-order valence-electron chi connectivity index (χ4n) is 2.61. The molecule has 5 nitrogen and oxygen atoms in total. The van der Waals surface area contributed by atoms with Gasteiger partial charge in [0.1, 0.15) is 5.75 Å². The number of nitrogens with one attached hydrogen (secondary N) is 2. The fraction of sp³-hybridized carbons (Fsp3) is 0.130. The van der Waals surface area contributed by atoms with Gasteiger partial charge in [0.2, 0.25) is 0 Å². The maximum atomic E-state index is 12.4. The molecule has 2 amide bonds. The van der Waals surface area contributed by atoms with E-state index in [4.69, 9.17) is 27.9 Å². The maximum absolute atomic E-state index is 12.4. The first-order valence-corrected chi connectivity index (χ1v) is 9.98. The molecule has 1 unspecified atom stereocenters. The van der Waals surface area contributed by atoms with E-state index in [-0.39, 0.29) is 11.8 Å². The number of rotatable bonds is 6. The molecule has 7 heteroatoms. The lowest BCUT2D eigenvalue weighted by molar-refractivity contribution is -0.122. The number of para-hydroxylation sites is 1. The zero-order valence-corrected chi connectivity index (χ0v) is 17.9. The van der Waals surface area contributed by atoms with Gasteiger partial charge in [-0.05, 0) is 67.9 Å². The van der Waals surface area contributed by atoms with Crippen LogP contribution >= 0.6 is 23.2 Å². The van der Waals surface area contributed by atoms with Crippen molar-refractivity contribution < 1.29 is 14.3 Å². The zero-order valence-electron chi connectivity index (χ0n) is 16.4. The van der Waals surface area contributed by atoms with Crippen molar-refractivity contribution in [3.05, 3.63) is 87.9 Å². The SMILES string of the molecule is Cc1ccc(NC(=O)C(C)Oc2ccc(C(=O)Nc3ccccc3Cl)cc2)cc1Cl. The number of anilines is 2. The summed E-state index contributed by atoms with van der Waals surface area (Å²) in [4.78, 5) is 24.7. The first kappa shape index (κ1) is 21.7. The molecule has 0 aliphatic carbocycles. The number of hydrogen-bond acceptors (Lipinski definition) is 3. The zero-order chi connectivity index (χ0) is 21.7. The molecule has 0 bridgehead atoms. The summed E-state index contributed by atoms with van der Waals surface area (Å²) in [5.74, 6) is -0.138. The van der Waals surface area contributed by atoms with E-state index in [2.05, 4.69) is 10.6 Å². The quantitative estimate of drug-likeness (QED) is 0.494. The Morgan fingerprint density at radius 2 is 1.60 bits per heavy atom. The molecule has 3 aromatic carbocycles. The van der Waals surface area contributed by atoms with E-state index in [0.717, 1.165) is 5.56 Å². The van der Waals surface area contributed by atoms with Crippen molar-refractivity contribution in [2.24, 2.45) is 0 Å². The summed E-state index contributed by atoms with van der Waals surface area (Å²) in [6.45, 7) is 3.53. The molecule has 30 heavy (non-hydrogen) atoms. The highest BCUT2D eigenvalue weighted by Gasteiger charge is 2.16. The highest BCUT2D eigenvalue weighted by Crippen LogP contribution is 2.23. The Morgan fingerprint density at radius 1 is 0.900 bits per heavy atom. The summed E-state index contributed by atoms with van der Waals surface area (Å²) in [6.07, 6.45) is -0.743. The van der Waals surface area contributed by atoms with E-state index in [9.17, 15) is 9.59 Å². The highest BCUT2D eigenvalue weighted by atomic mass is 35.5. The Balaban J connectivity index is 1.59. The predicted molar refractivity (Wildman–Crippen MR) is 121 cm³/mol. The first-order chi connectivity index (χ1) is 14.3. The van der Waals surface area contributed by atoms with Gasteiger partial charge in [0, 0.05) is 16.3 Å². The molecule has 0 spiro atoms. The van der Waals surface area contributed by atoms with Crippen LogP contribution in [0.25, 0.3) is 0 Å². The van der Waals surface area contributed by atoms with E-state index < -0.39 is 6.10 Å². The standard InChI is InChI=1S/C23H20Cl2N2O3/c1-14-7-10-17(13-20(14)25)26-22(28)15(2)30-18-11-8-16(9-12-18)23(29)27-21-6-4-3-5-19(21)24/h3-13,15H,1-2H3,(H,26,28)(H,27,29). The van der Waals surface area contributed by atoms with Crippen molar-refractivity contribution in [2.75, 3.05) is 10.6 Å². The third-order valence-electron chi connectivity index (χ3n) is 4.36. The van der Waals surface area contributed by atoms with Gasteiger partial charge in [-0.1, -0.05) is 41.4 Å². The van der Waals surface area contributed by atoms with Crippen LogP contribution in [0.15, 0.2) is 66.7 Å². The van der Waals surface area contributed by atoms with Gasteiger partial charge in [0.25, 0.3) is 11.8 Å². The molecular weight excluding hydrogens is 423 g/mol. The molecule has 0 saturated carbocycles. The summed E-state index contributed by atoms with van der Waals surface area (Å²) in [6, 6.07) is 18.8. The number of amides is 2. The van der Waals surface area contributed by atoms with Crippen molar-refractivity contribution >= 4 is 46.4 Å². The summed E-state index contributed by atoms with van der Waals surface area (Å²) < 4.78 is 5.68. The van der Waals surface area contributed by atoms with Gasteiger partial charge in [-0.15, -0.1) is 0 Å². The van der Waals surface area contributed by atoms with Gasteiger partial charge in [0.05, 0.1) is 10.7 Å². The van der Waals surface area contributed by atoms with Crippen molar-refractivity contribution in [1.29, 1.82) is 0 Å². The molecule has 2 N–H and O–H groups in total. The Labute approximate surface area is 185 Å². The van der Waals surface area contributed by atoms with E-state index >= 15 is 0 Å². The Bertz CT molecular complexity index is 1070. The lowest BCUT2D eigenvalue weighted by Gasteiger charge is -2.15. The van der Waals surface area contributed by atoms with Gasteiger partial charge in [0.15, 0.2) is 6.10 Å². The lowest BCUT2D eigenvalue weighted by Crippen LogP contribution is -2.30. The predicted octanol–water partition coefficient (Wildman–Crippen LogP) is 5.96. The van der Waals surface area contributed by atoms with Crippen molar-refractivity contribution in [3.8, 4) is 5.75 Å². The third kappa shape index (κ3) is 5.53. The highest BCUT2D eigenvalue weighted by molar-refractivity contribution is 6.34. The molecule has 0 radical (unpaired) electrons. The second-order valence-corrected chi connectivity index (χ2v) is 7.49. The van der Waals surface area contributed by atoms with Crippen LogP contribution in [-0.2, 0) is 4.79 Å². The monoisotopic (exact) mass is 442 g/mol. The van der Waals surface area contributed by atoms with Gasteiger partial charge >= 0.3 is 0 Å². The van der Waals surface area contributed by atoms with Crippen LogP contribution in [0.4, 0.5) is 11.4 Å². The molecular formula is C23H20Cl2N2O3. The van der Waals surface area contributed by atoms with Crippen LogP contribution in [0.2, 0.25) is 10.0 Å². The van der Waals surface area contributed by atoms with Crippen LogP contribution in [0, 0.1) is 6.92 Å². The Morgan fingerprint density at radius 3 is 2.27 bits per heavy atom. The minimum absolute atomic E-state index is 0.295. The molecule has 0 saturated heterocycles. The number of aryl methyl sites for hydroxylation is 1. The summed E-state index contributed by atoms with van der Waals surface area (Å²) >= 11 is 12.1. The van der Waals surface area contributed by atoms with Crippen LogP contribution in [0.5, 0.6) is 5.75 Å². The second kappa shape index (κ2) is 9.65. The van der Waals surface area contributed by atoms with E-state index in [1.54, 1.807) is 67.6 Å². The van der Waals surface area contributed by atoms with Crippen molar-refractivity contribution in [1.82, 2.24) is 0 Å². The molecule has 3 aromatic rings. The van der Waals surface area contributed by atoms with Crippen molar-refractivity contribution in [2.45, 2.75) is 20.0 Å². The number of halogens is 2. The van der Waals surface area contributed by atoms with Gasteiger partial charge in [-0.3, -0.25) is 9.59 Å². The van der Waals surface area contributed by atoms with Gasteiger partial charge in [-0.25, -0.2) is 0 Å². The topological polar surface area (TPSA) is 67.4 Å². The van der Waals surface area contributed by atoms with E-state index in [0.29, 0.717) is 32.7 Å². The largest absolute Gasteiger partial charge is 0.481 e. The number of hydrogen-bond donors (Lipinski definition) is 2. The average molecular weight is 443 g/mol. The smallest absolute Gasteiger partial charge is 0.265 e. The van der Waals surface area contributed by atoms with Gasteiger partial charge < -0.3 is 15.4 Å². The third-order valence-corrected chi connectivity index (χ3v) is 5.10.